The first-order chi connectivity index (χ1) is 14.9. The van der Waals surface area contributed by atoms with E-state index in [4.69, 9.17) is 9.47 Å². The third kappa shape index (κ3) is 7.35. The predicted molar refractivity (Wildman–Crippen MR) is 124 cm³/mol. The fourth-order valence-electron chi connectivity index (χ4n) is 3.45. The molecule has 1 aliphatic heterocycles. The zero-order valence-corrected chi connectivity index (χ0v) is 19.4. The molecule has 1 heterocycles. The molecule has 1 atom stereocenters. The lowest BCUT2D eigenvalue weighted by Gasteiger charge is -2.28. The predicted octanol–water partition coefficient (Wildman–Crippen LogP) is 4.01. The molecule has 6 nitrogen and oxygen atoms in total. The standard InChI is InChI=1S/C23H29NO5S2/c1-19(25)30-18-12-23(11-13-24-14-16-28-17-15-24)31(26,27)22-9-7-21(8-10-22)29-20-5-3-2-4-6-20/h2-10,23H,11-18H2,1H3. The highest BCUT2D eigenvalue weighted by molar-refractivity contribution is 8.13. The van der Waals surface area contributed by atoms with Gasteiger partial charge in [0.1, 0.15) is 11.5 Å². The summed E-state index contributed by atoms with van der Waals surface area (Å²) in [6, 6.07) is 15.9. The Morgan fingerprint density at radius 1 is 1.03 bits per heavy atom. The van der Waals surface area contributed by atoms with Gasteiger partial charge in [-0.3, -0.25) is 9.69 Å². The number of nitrogens with zero attached hydrogens (tertiary/aromatic N) is 1. The van der Waals surface area contributed by atoms with E-state index in [0.717, 1.165) is 13.1 Å². The molecule has 31 heavy (non-hydrogen) atoms. The van der Waals surface area contributed by atoms with Crippen molar-refractivity contribution in [2.45, 2.75) is 29.9 Å². The molecule has 1 aliphatic rings. The topological polar surface area (TPSA) is 72.9 Å². The second kappa shape index (κ2) is 11.7. The summed E-state index contributed by atoms with van der Waals surface area (Å²) >= 11 is 1.18. The molecule has 1 saturated heterocycles. The van der Waals surface area contributed by atoms with Crippen LogP contribution in [0, 0.1) is 0 Å². The molecule has 0 aromatic heterocycles. The zero-order chi connectivity index (χ0) is 22.1. The van der Waals surface area contributed by atoms with E-state index in [1.165, 1.54) is 18.7 Å². The van der Waals surface area contributed by atoms with E-state index in [9.17, 15) is 13.2 Å². The van der Waals surface area contributed by atoms with Crippen molar-refractivity contribution in [1.82, 2.24) is 4.90 Å². The largest absolute Gasteiger partial charge is 0.457 e. The van der Waals surface area contributed by atoms with Gasteiger partial charge in [0, 0.05) is 25.8 Å². The van der Waals surface area contributed by atoms with Crippen LogP contribution in [0.5, 0.6) is 11.5 Å². The molecule has 8 heteroatoms. The van der Waals surface area contributed by atoms with Crippen LogP contribution < -0.4 is 4.74 Å². The summed E-state index contributed by atoms with van der Waals surface area (Å²) in [6.07, 6.45) is 0.974. The van der Waals surface area contributed by atoms with Crippen molar-refractivity contribution in [3.8, 4) is 11.5 Å². The number of sulfone groups is 1. The van der Waals surface area contributed by atoms with Crippen LogP contribution >= 0.6 is 11.8 Å². The lowest BCUT2D eigenvalue weighted by Crippen LogP contribution is -2.38. The van der Waals surface area contributed by atoms with Crippen molar-refractivity contribution in [3.63, 3.8) is 0 Å². The quantitative estimate of drug-likeness (QED) is 0.527. The van der Waals surface area contributed by atoms with Crippen molar-refractivity contribution in [1.29, 1.82) is 0 Å². The second-order valence-electron chi connectivity index (χ2n) is 7.42. The monoisotopic (exact) mass is 463 g/mol. The van der Waals surface area contributed by atoms with Gasteiger partial charge in [0.2, 0.25) is 0 Å². The highest BCUT2D eigenvalue weighted by Crippen LogP contribution is 2.27. The number of hydrogen-bond donors (Lipinski definition) is 0. The van der Waals surface area contributed by atoms with Gasteiger partial charge in [-0.15, -0.1) is 0 Å². The second-order valence-corrected chi connectivity index (χ2v) is 10.9. The van der Waals surface area contributed by atoms with Gasteiger partial charge in [0.15, 0.2) is 15.0 Å². The summed E-state index contributed by atoms with van der Waals surface area (Å²) in [5.41, 5.74) is 0. The molecular weight excluding hydrogens is 434 g/mol. The van der Waals surface area contributed by atoms with E-state index in [2.05, 4.69) is 4.90 Å². The summed E-state index contributed by atoms with van der Waals surface area (Å²) in [7, 11) is -3.53. The number of para-hydroxylation sites is 1. The highest BCUT2D eigenvalue weighted by atomic mass is 32.2. The molecule has 1 unspecified atom stereocenters. The summed E-state index contributed by atoms with van der Waals surface area (Å²) in [5.74, 6) is 1.78. The van der Waals surface area contributed by atoms with E-state index >= 15 is 0 Å². The van der Waals surface area contributed by atoms with Crippen LogP contribution in [0.15, 0.2) is 59.5 Å². The molecule has 2 aromatic carbocycles. The van der Waals surface area contributed by atoms with E-state index in [1.807, 2.05) is 30.3 Å². The number of morpholine rings is 1. The fourth-order valence-corrected chi connectivity index (χ4v) is 6.04. The highest BCUT2D eigenvalue weighted by Gasteiger charge is 2.28. The smallest absolute Gasteiger partial charge is 0.185 e. The molecule has 168 valence electrons. The molecule has 0 aliphatic carbocycles. The van der Waals surface area contributed by atoms with Gasteiger partial charge >= 0.3 is 0 Å². The lowest BCUT2D eigenvalue weighted by atomic mass is 10.2. The molecular formula is C23H29NO5S2. The Labute approximate surface area is 188 Å². The average molecular weight is 464 g/mol. The van der Waals surface area contributed by atoms with Crippen LogP contribution in [-0.2, 0) is 19.4 Å². The number of ether oxygens (including phenoxy) is 2. The first kappa shape index (κ1) is 23.8. The van der Waals surface area contributed by atoms with E-state index in [1.54, 1.807) is 24.3 Å². The third-order valence-electron chi connectivity index (χ3n) is 5.19. The minimum Gasteiger partial charge on any atom is -0.457 e. The number of rotatable bonds is 10. The molecule has 0 N–H and O–H groups in total. The number of benzene rings is 2. The zero-order valence-electron chi connectivity index (χ0n) is 17.7. The summed E-state index contributed by atoms with van der Waals surface area (Å²) in [4.78, 5) is 13.8. The fraction of sp³-hybridized carbons (Fsp3) is 0.435. The van der Waals surface area contributed by atoms with Crippen molar-refractivity contribution >= 4 is 26.7 Å². The van der Waals surface area contributed by atoms with Gasteiger partial charge in [0.25, 0.3) is 0 Å². The Hall–Kier alpha value is -1.87. The van der Waals surface area contributed by atoms with Crippen molar-refractivity contribution < 1.29 is 22.7 Å². The maximum absolute atomic E-state index is 13.4. The Morgan fingerprint density at radius 2 is 1.68 bits per heavy atom. The average Bonchev–Trinajstić information content (AvgIpc) is 2.77. The van der Waals surface area contributed by atoms with Crippen molar-refractivity contribution in [2.24, 2.45) is 0 Å². The number of carbonyl (C=O) groups excluding carboxylic acids is 1. The molecule has 2 aromatic rings. The maximum Gasteiger partial charge on any atom is 0.185 e. The molecule has 0 amide bonds. The molecule has 0 saturated carbocycles. The van der Waals surface area contributed by atoms with Gasteiger partial charge in [0.05, 0.1) is 23.4 Å². The maximum atomic E-state index is 13.4. The van der Waals surface area contributed by atoms with Gasteiger partial charge in [-0.2, -0.15) is 0 Å². The minimum atomic E-state index is -3.53. The Bertz CT molecular complexity index is 926. The van der Waals surface area contributed by atoms with Crippen LogP contribution in [0.25, 0.3) is 0 Å². The van der Waals surface area contributed by atoms with Crippen LogP contribution in [0.2, 0.25) is 0 Å². The molecule has 0 spiro atoms. The van der Waals surface area contributed by atoms with Crippen molar-refractivity contribution in [3.05, 3.63) is 54.6 Å². The van der Waals surface area contributed by atoms with E-state index < -0.39 is 15.1 Å². The number of hydrogen-bond acceptors (Lipinski definition) is 7. The van der Waals surface area contributed by atoms with Crippen molar-refractivity contribution in [2.75, 3.05) is 38.6 Å². The Balaban J connectivity index is 1.69. The van der Waals surface area contributed by atoms with Gasteiger partial charge < -0.3 is 9.47 Å². The number of carbonyl (C=O) groups is 1. The third-order valence-corrected chi connectivity index (χ3v) is 8.31. The molecule has 1 fully saturated rings. The minimum absolute atomic E-state index is 0.00624. The van der Waals surface area contributed by atoms with Crippen LogP contribution in [0.3, 0.4) is 0 Å². The van der Waals surface area contributed by atoms with Crippen LogP contribution in [0.1, 0.15) is 19.8 Å². The van der Waals surface area contributed by atoms with E-state index in [0.29, 0.717) is 49.9 Å². The summed E-state index contributed by atoms with van der Waals surface area (Å²) in [6.45, 7) is 5.21. The van der Waals surface area contributed by atoms with E-state index in [-0.39, 0.29) is 10.0 Å². The van der Waals surface area contributed by atoms with Gasteiger partial charge in [-0.25, -0.2) is 8.42 Å². The molecule has 3 rings (SSSR count). The normalized spacial score (nSPS) is 16.0. The Morgan fingerprint density at radius 3 is 2.32 bits per heavy atom. The van der Waals surface area contributed by atoms with Crippen LogP contribution in [-0.4, -0.2) is 62.3 Å². The van der Waals surface area contributed by atoms with Gasteiger partial charge in [-0.05, 0) is 55.8 Å². The summed E-state index contributed by atoms with van der Waals surface area (Å²) < 4.78 is 37.9. The molecule has 0 bridgehead atoms. The first-order valence-corrected chi connectivity index (χ1v) is 13.0. The number of thioether (sulfide) groups is 1. The summed E-state index contributed by atoms with van der Waals surface area (Å²) in [5, 5.41) is -0.533. The van der Waals surface area contributed by atoms with Gasteiger partial charge in [-0.1, -0.05) is 30.0 Å². The SMILES string of the molecule is CC(=O)SCCC(CCN1CCOCC1)S(=O)(=O)c1ccc(Oc2ccccc2)cc1. The molecule has 0 radical (unpaired) electrons. The lowest BCUT2D eigenvalue weighted by molar-refractivity contribution is -0.109. The Kier molecular flexibility index (Phi) is 8.95. The van der Waals surface area contributed by atoms with Crippen LogP contribution in [0.4, 0.5) is 0 Å². The first-order valence-electron chi connectivity index (χ1n) is 10.5.